The first-order valence-corrected chi connectivity index (χ1v) is 9.47. The van der Waals surface area contributed by atoms with Crippen molar-refractivity contribution in [3.05, 3.63) is 45.8 Å². The van der Waals surface area contributed by atoms with Gasteiger partial charge in [0, 0.05) is 19.3 Å². The largest absolute Gasteiger partial charge is 0.464 e. The zero-order valence-electron chi connectivity index (χ0n) is 14.1. The fourth-order valence-electron chi connectivity index (χ4n) is 2.66. The van der Waals surface area contributed by atoms with Crippen LogP contribution in [-0.2, 0) is 12.3 Å². The van der Waals surface area contributed by atoms with Gasteiger partial charge in [0.25, 0.3) is 6.20 Å². The summed E-state index contributed by atoms with van der Waals surface area (Å²) in [7, 11) is 1.65. The second-order valence-corrected chi connectivity index (χ2v) is 6.87. The van der Waals surface area contributed by atoms with Crippen LogP contribution in [0.15, 0.2) is 28.6 Å². The van der Waals surface area contributed by atoms with Crippen LogP contribution in [0, 0.1) is 10.1 Å². The van der Waals surface area contributed by atoms with Crippen LogP contribution in [0.4, 0.5) is 0 Å². The molecule has 0 bridgehead atoms. The van der Waals surface area contributed by atoms with Gasteiger partial charge < -0.3 is 15.1 Å². The molecule has 0 unspecified atom stereocenters. The Morgan fingerprint density at radius 2 is 2.12 bits per heavy atom. The molecule has 2 heterocycles. The summed E-state index contributed by atoms with van der Waals surface area (Å²) in [5.74, 6) is 4.11. The summed E-state index contributed by atoms with van der Waals surface area (Å²) in [6, 6.07) is 4.12. The lowest BCUT2D eigenvalue weighted by atomic mass is 10.1. The van der Waals surface area contributed by atoms with Gasteiger partial charge in [-0.15, -0.1) is 0 Å². The number of rotatable bonds is 10. The van der Waals surface area contributed by atoms with Crippen molar-refractivity contribution in [2.75, 3.05) is 32.4 Å². The minimum atomic E-state index is -0.474. The molecule has 1 aliphatic heterocycles. The third-order valence-corrected chi connectivity index (χ3v) is 4.84. The Kier molecular flexibility index (Phi) is 7.97. The van der Waals surface area contributed by atoms with Gasteiger partial charge in [-0.3, -0.25) is 15.0 Å². The molecule has 2 rings (SSSR count). The summed E-state index contributed by atoms with van der Waals surface area (Å²) < 4.78 is 5.89. The summed E-state index contributed by atoms with van der Waals surface area (Å²) in [6.45, 7) is 3.90. The van der Waals surface area contributed by atoms with Crippen LogP contribution in [0.5, 0.6) is 0 Å². The van der Waals surface area contributed by atoms with E-state index < -0.39 is 4.92 Å². The molecule has 1 saturated heterocycles. The lowest BCUT2D eigenvalue weighted by Crippen LogP contribution is -2.28. The molecule has 24 heavy (non-hydrogen) atoms. The van der Waals surface area contributed by atoms with Gasteiger partial charge in [0.05, 0.1) is 17.2 Å². The fraction of sp³-hybridized carbons (Fsp3) is 0.625. The van der Waals surface area contributed by atoms with Gasteiger partial charge in [-0.2, -0.15) is 11.8 Å². The lowest BCUT2D eigenvalue weighted by molar-refractivity contribution is -0.404. The first kappa shape index (κ1) is 18.7. The Bertz CT molecular complexity index is 541. The number of nitrogens with one attached hydrogen (secondary N) is 2. The molecule has 2 N–H and O–H groups in total. The normalized spacial score (nSPS) is 16.1. The maximum atomic E-state index is 10.4. The van der Waals surface area contributed by atoms with Crippen LogP contribution in [0.3, 0.4) is 0 Å². The quantitative estimate of drug-likeness (QED) is 0.379. The number of likely N-dealkylation sites (tertiary alicyclic amines) is 1. The number of thioether (sulfide) groups is 1. The molecule has 8 heteroatoms. The summed E-state index contributed by atoms with van der Waals surface area (Å²) in [6.07, 6.45) is 4.85. The van der Waals surface area contributed by atoms with Gasteiger partial charge in [-0.05, 0) is 38.1 Å². The fourth-order valence-corrected chi connectivity index (χ4v) is 3.40. The predicted octanol–water partition coefficient (Wildman–Crippen LogP) is 2.38. The highest BCUT2D eigenvalue weighted by Crippen LogP contribution is 2.18. The minimum absolute atomic E-state index is 0.419. The van der Waals surface area contributed by atoms with E-state index in [1.807, 2.05) is 6.07 Å². The van der Waals surface area contributed by atoms with Crippen LogP contribution in [0.1, 0.15) is 30.8 Å². The highest BCUT2D eigenvalue weighted by Gasteiger charge is 2.12. The molecule has 0 amide bonds. The third-order valence-electron chi connectivity index (χ3n) is 3.86. The summed E-state index contributed by atoms with van der Waals surface area (Å²) in [5.41, 5.74) is 0. The Balaban J connectivity index is 1.63. The van der Waals surface area contributed by atoms with Gasteiger partial charge >= 0.3 is 0 Å². The Morgan fingerprint density at radius 3 is 2.83 bits per heavy atom. The van der Waals surface area contributed by atoms with E-state index in [1.54, 1.807) is 18.8 Å². The summed E-state index contributed by atoms with van der Waals surface area (Å²) in [4.78, 5) is 12.4. The van der Waals surface area contributed by atoms with Crippen LogP contribution >= 0.6 is 11.8 Å². The second kappa shape index (κ2) is 10.2. The van der Waals surface area contributed by atoms with Crippen molar-refractivity contribution in [1.82, 2.24) is 15.5 Å². The molecule has 0 saturated carbocycles. The molecular weight excluding hydrogens is 328 g/mol. The van der Waals surface area contributed by atoms with Crippen molar-refractivity contribution < 1.29 is 9.34 Å². The molecule has 7 nitrogen and oxygen atoms in total. The number of nitro groups is 1. The second-order valence-electron chi connectivity index (χ2n) is 5.76. The van der Waals surface area contributed by atoms with E-state index >= 15 is 0 Å². The van der Waals surface area contributed by atoms with Crippen LogP contribution < -0.4 is 10.6 Å². The van der Waals surface area contributed by atoms with E-state index in [4.69, 9.17) is 4.42 Å². The van der Waals surface area contributed by atoms with Gasteiger partial charge in [0.2, 0.25) is 0 Å². The Morgan fingerprint density at radius 1 is 1.38 bits per heavy atom. The van der Waals surface area contributed by atoms with Crippen molar-refractivity contribution >= 4 is 11.8 Å². The third kappa shape index (κ3) is 6.84. The van der Waals surface area contributed by atoms with Crippen molar-refractivity contribution in [3.8, 4) is 0 Å². The van der Waals surface area contributed by atoms with Gasteiger partial charge in [-0.25, -0.2) is 0 Å². The molecule has 0 aliphatic carbocycles. The summed E-state index contributed by atoms with van der Waals surface area (Å²) in [5, 5.41) is 16.2. The number of furan rings is 1. The molecule has 1 fully saturated rings. The predicted molar refractivity (Wildman–Crippen MR) is 96.1 cm³/mol. The standard InChI is InChI=1S/C16H26N4O3S/c1-17-16(12-20(21)22)18-7-10-24-13-15-6-5-14(23-15)11-19-8-3-2-4-9-19/h5-6,12,17-18H,2-4,7-11,13H2,1H3/b16-12-. The zero-order chi connectivity index (χ0) is 17.2. The highest BCUT2D eigenvalue weighted by molar-refractivity contribution is 7.98. The van der Waals surface area contributed by atoms with E-state index in [9.17, 15) is 10.1 Å². The van der Waals surface area contributed by atoms with E-state index in [-0.39, 0.29) is 0 Å². The van der Waals surface area contributed by atoms with Crippen LogP contribution in [0.2, 0.25) is 0 Å². The monoisotopic (exact) mass is 354 g/mol. The zero-order valence-corrected chi connectivity index (χ0v) is 14.9. The van der Waals surface area contributed by atoms with Gasteiger partial charge in [-0.1, -0.05) is 6.42 Å². The van der Waals surface area contributed by atoms with Crippen molar-refractivity contribution in [2.24, 2.45) is 0 Å². The molecule has 1 aliphatic rings. The SMILES string of the molecule is CN/C(=C/[N+](=O)[O-])NCCSCc1ccc(CN2CCCCC2)o1. The van der Waals surface area contributed by atoms with Gasteiger partial charge in [0.1, 0.15) is 11.5 Å². The molecule has 0 atom stereocenters. The molecule has 0 radical (unpaired) electrons. The number of piperidine rings is 1. The van der Waals surface area contributed by atoms with Crippen LogP contribution in [0.25, 0.3) is 0 Å². The van der Waals surface area contributed by atoms with E-state index in [1.165, 1.54) is 32.4 Å². The molecule has 0 spiro atoms. The van der Waals surface area contributed by atoms with E-state index in [0.29, 0.717) is 12.4 Å². The van der Waals surface area contributed by atoms with E-state index in [0.717, 1.165) is 35.8 Å². The maximum absolute atomic E-state index is 10.4. The minimum Gasteiger partial charge on any atom is -0.464 e. The highest BCUT2D eigenvalue weighted by atomic mass is 32.2. The number of hydrogen-bond acceptors (Lipinski definition) is 7. The first-order chi connectivity index (χ1) is 11.7. The average molecular weight is 354 g/mol. The molecule has 1 aromatic heterocycles. The number of hydrogen-bond donors (Lipinski definition) is 2. The Hall–Kier alpha value is -1.67. The van der Waals surface area contributed by atoms with Crippen molar-refractivity contribution in [3.63, 3.8) is 0 Å². The first-order valence-electron chi connectivity index (χ1n) is 8.32. The van der Waals surface area contributed by atoms with Crippen molar-refractivity contribution in [2.45, 2.75) is 31.6 Å². The molecule has 0 aromatic carbocycles. The molecule has 1 aromatic rings. The van der Waals surface area contributed by atoms with Gasteiger partial charge in [0.15, 0.2) is 5.82 Å². The maximum Gasteiger partial charge on any atom is 0.274 e. The van der Waals surface area contributed by atoms with Crippen LogP contribution in [-0.4, -0.2) is 42.3 Å². The average Bonchev–Trinajstić information content (AvgIpc) is 3.01. The molecule has 134 valence electrons. The van der Waals surface area contributed by atoms with E-state index in [2.05, 4.69) is 21.6 Å². The molecular formula is C16H26N4O3S. The topological polar surface area (TPSA) is 83.6 Å². The number of nitrogens with zero attached hydrogens (tertiary/aromatic N) is 2. The smallest absolute Gasteiger partial charge is 0.274 e. The Labute approximate surface area is 147 Å². The lowest BCUT2D eigenvalue weighted by Gasteiger charge is -2.25. The summed E-state index contributed by atoms with van der Waals surface area (Å²) >= 11 is 1.74. The van der Waals surface area contributed by atoms with Crippen molar-refractivity contribution in [1.29, 1.82) is 0 Å².